The highest BCUT2D eigenvalue weighted by atomic mass is 32.2. The van der Waals surface area contributed by atoms with Crippen LogP contribution in [0.25, 0.3) is 11.1 Å². The monoisotopic (exact) mass is 549 g/mol. The van der Waals surface area contributed by atoms with Gasteiger partial charge in [-0.2, -0.15) is 0 Å². The number of sulfonamides is 1. The zero-order valence-corrected chi connectivity index (χ0v) is 21.2. The fraction of sp³-hybridized carbons (Fsp3) is 0.231. The summed E-state index contributed by atoms with van der Waals surface area (Å²) < 4.78 is 64.6. The molecular formula is C26H26F3N3O5S. The minimum Gasteiger partial charge on any atom is -0.406 e. The zero-order valence-electron chi connectivity index (χ0n) is 20.4. The minimum absolute atomic E-state index is 0.0145. The van der Waals surface area contributed by atoms with Gasteiger partial charge in [0.05, 0.1) is 4.90 Å². The van der Waals surface area contributed by atoms with Crippen LogP contribution in [0, 0.1) is 0 Å². The van der Waals surface area contributed by atoms with Crippen LogP contribution in [0.1, 0.15) is 24.0 Å². The number of amides is 2. The van der Waals surface area contributed by atoms with E-state index in [2.05, 4.69) is 10.1 Å². The standard InChI is InChI=1S/C26H26F3N3O5S/c1-32(17-18-9-11-20(12-10-18)22-7-2-3-8-23(22)38(30,35)36)25(34)14-13-24(33)31-16-19-5-4-6-21(15-19)37-26(27,28)29/h2-12,15H,13-14,16-17H2,1H3,(H,31,33)(H2,30,35,36). The molecule has 0 aliphatic carbocycles. The van der Waals surface area contributed by atoms with E-state index in [1.54, 1.807) is 55.6 Å². The van der Waals surface area contributed by atoms with Gasteiger partial charge in [0.2, 0.25) is 21.8 Å². The summed E-state index contributed by atoms with van der Waals surface area (Å²) in [5, 5.41) is 7.88. The first-order valence-electron chi connectivity index (χ1n) is 11.4. The molecular weight excluding hydrogens is 523 g/mol. The smallest absolute Gasteiger partial charge is 0.406 e. The number of carbonyl (C=O) groups is 2. The highest BCUT2D eigenvalue weighted by molar-refractivity contribution is 7.89. The lowest BCUT2D eigenvalue weighted by Crippen LogP contribution is -2.29. The maximum atomic E-state index is 12.5. The van der Waals surface area contributed by atoms with Crippen molar-refractivity contribution in [2.45, 2.75) is 37.2 Å². The van der Waals surface area contributed by atoms with Crippen molar-refractivity contribution in [1.82, 2.24) is 10.2 Å². The number of alkyl halides is 3. The first-order chi connectivity index (χ1) is 17.8. The summed E-state index contributed by atoms with van der Waals surface area (Å²) in [6, 6.07) is 18.6. The Balaban J connectivity index is 1.49. The molecule has 0 spiro atoms. The molecule has 0 heterocycles. The van der Waals surface area contributed by atoms with Crippen LogP contribution in [0.15, 0.2) is 77.7 Å². The van der Waals surface area contributed by atoms with Crippen molar-refractivity contribution in [3.8, 4) is 16.9 Å². The number of hydrogen-bond donors (Lipinski definition) is 2. The lowest BCUT2D eigenvalue weighted by atomic mass is 10.0. The van der Waals surface area contributed by atoms with Crippen LogP contribution in [0.5, 0.6) is 5.75 Å². The second-order valence-electron chi connectivity index (χ2n) is 8.46. The maximum Gasteiger partial charge on any atom is 0.573 e. The van der Waals surface area contributed by atoms with Gasteiger partial charge in [-0.15, -0.1) is 13.2 Å². The number of rotatable bonds is 10. The Hall–Kier alpha value is -3.90. The number of ether oxygens (including phenoxy) is 1. The average molecular weight is 550 g/mol. The summed E-state index contributed by atoms with van der Waals surface area (Å²) in [4.78, 5) is 26.1. The summed E-state index contributed by atoms with van der Waals surface area (Å²) in [5.41, 5.74) is 2.33. The maximum absolute atomic E-state index is 12.5. The third-order valence-corrected chi connectivity index (χ3v) is 6.46. The van der Waals surface area contributed by atoms with Crippen molar-refractivity contribution in [2.75, 3.05) is 7.05 Å². The molecule has 3 aromatic carbocycles. The molecule has 0 fully saturated rings. The molecule has 12 heteroatoms. The van der Waals surface area contributed by atoms with Gasteiger partial charge in [0.25, 0.3) is 0 Å². The van der Waals surface area contributed by atoms with Crippen LogP contribution in [-0.4, -0.2) is 38.5 Å². The summed E-state index contributed by atoms with van der Waals surface area (Å²) >= 11 is 0. The molecule has 0 saturated heterocycles. The molecule has 38 heavy (non-hydrogen) atoms. The van der Waals surface area contributed by atoms with Crippen molar-refractivity contribution in [3.63, 3.8) is 0 Å². The van der Waals surface area contributed by atoms with Crippen molar-refractivity contribution in [2.24, 2.45) is 5.14 Å². The first kappa shape index (κ1) is 28.7. The van der Waals surface area contributed by atoms with E-state index < -0.39 is 22.3 Å². The van der Waals surface area contributed by atoms with Gasteiger partial charge in [0, 0.05) is 38.5 Å². The van der Waals surface area contributed by atoms with E-state index in [0.29, 0.717) is 16.7 Å². The third kappa shape index (κ3) is 8.60. The molecule has 8 nitrogen and oxygen atoms in total. The number of halogens is 3. The van der Waals surface area contributed by atoms with Crippen LogP contribution >= 0.6 is 0 Å². The summed E-state index contributed by atoms with van der Waals surface area (Å²) in [5.74, 6) is -1.08. The Labute approximate surface area is 218 Å². The molecule has 202 valence electrons. The van der Waals surface area contributed by atoms with Crippen LogP contribution < -0.4 is 15.2 Å². The average Bonchev–Trinajstić information content (AvgIpc) is 2.85. The second-order valence-corrected chi connectivity index (χ2v) is 9.99. The normalized spacial score (nSPS) is 11.6. The van der Waals surface area contributed by atoms with E-state index in [4.69, 9.17) is 5.14 Å². The molecule has 2 amide bonds. The van der Waals surface area contributed by atoms with Gasteiger partial charge in [0.1, 0.15) is 5.75 Å². The summed E-state index contributed by atoms with van der Waals surface area (Å²) in [7, 11) is -2.30. The fourth-order valence-electron chi connectivity index (χ4n) is 3.66. The topological polar surface area (TPSA) is 119 Å². The van der Waals surface area contributed by atoms with E-state index in [0.717, 1.165) is 11.6 Å². The van der Waals surface area contributed by atoms with Crippen LogP contribution in [0.4, 0.5) is 13.2 Å². The number of nitrogens with one attached hydrogen (secondary N) is 1. The fourth-order valence-corrected chi connectivity index (χ4v) is 4.42. The number of hydrogen-bond acceptors (Lipinski definition) is 5. The van der Waals surface area contributed by atoms with Gasteiger partial charge in [-0.05, 0) is 34.9 Å². The molecule has 0 saturated carbocycles. The van der Waals surface area contributed by atoms with Gasteiger partial charge in [-0.1, -0.05) is 54.6 Å². The van der Waals surface area contributed by atoms with Gasteiger partial charge < -0.3 is 15.0 Å². The molecule has 0 radical (unpaired) electrons. The third-order valence-electron chi connectivity index (χ3n) is 5.49. The highest BCUT2D eigenvalue weighted by Gasteiger charge is 2.31. The quantitative estimate of drug-likeness (QED) is 0.397. The predicted octanol–water partition coefficient (Wildman–Crippen LogP) is 3.95. The number of carbonyl (C=O) groups excluding carboxylic acids is 2. The van der Waals surface area contributed by atoms with Gasteiger partial charge in [0.15, 0.2) is 0 Å². The van der Waals surface area contributed by atoms with E-state index in [9.17, 15) is 31.2 Å². The number of nitrogens with zero attached hydrogens (tertiary/aromatic N) is 1. The number of primary sulfonamides is 1. The van der Waals surface area contributed by atoms with Crippen LogP contribution in [0.3, 0.4) is 0 Å². The number of nitrogens with two attached hydrogens (primary N) is 1. The Bertz CT molecular complexity index is 1390. The van der Waals surface area contributed by atoms with Crippen molar-refractivity contribution < 1.29 is 35.9 Å². The Morgan fingerprint density at radius 3 is 2.29 bits per heavy atom. The molecule has 3 N–H and O–H groups in total. The van der Waals surface area contributed by atoms with Gasteiger partial charge >= 0.3 is 6.36 Å². The molecule has 0 aliphatic heterocycles. The van der Waals surface area contributed by atoms with E-state index in [1.165, 1.54) is 23.1 Å². The molecule has 0 aromatic heterocycles. The highest BCUT2D eigenvalue weighted by Crippen LogP contribution is 2.27. The molecule has 3 aromatic rings. The predicted molar refractivity (Wildman–Crippen MR) is 134 cm³/mol. The van der Waals surface area contributed by atoms with Crippen molar-refractivity contribution in [1.29, 1.82) is 0 Å². The molecule has 0 aliphatic rings. The van der Waals surface area contributed by atoms with E-state index in [1.807, 2.05) is 0 Å². The van der Waals surface area contributed by atoms with E-state index in [-0.39, 0.29) is 42.5 Å². The summed E-state index contributed by atoms with van der Waals surface area (Å²) in [6.07, 6.45) is -4.96. The summed E-state index contributed by atoms with van der Waals surface area (Å²) in [6.45, 7) is 0.252. The molecule has 0 bridgehead atoms. The molecule has 3 rings (SSSR count). The lowest BCUT2D eigenvalue weighted by Gasteiger charge is -2.18. The lowest BCUT2D eigenvalue weighted by molar-refractivity contribution is -0.274. The van der Waals surface area contributed by atoms with E-state index >= 15 is 0 Å². The van der Waals surface area contributed by atoms with Crippen molar-refractivity contribution >= 4 is 21.8 Å². The molecule has 0 atom stereocenters. The van der Waals surface area contributed by atoms with Gasteiger partial charge in [-0.3, -0.25) is 9.59 Å². The Kier molecular flexibility index (Phi) is 9.13. The molecule has 0 unspecified atom stereocenters. The van der Waals surface area contributed by atoms with Crippen LogP contribution in [0.2, 0.25) is 0 Å². The first-order valence-corrected chi connectivity index (χ1v) is 12.9. The van der Waals surface area contributed by atoms with Crippen LogP contribution in [-0.2, 0) is 32.7 Å². The van der Waals surface area contributed by atoms with Gasteiger partial charge in [-0.25, -0.2) is 13.6 Å². The number of benzene rings is 3. The van der Waals surface area contributed by atoms with Crippen molar-refractivity contribution in [3.05, 3.63) is 83.9 Å². The second kappa shape index (κ2) is 12.1. The Morgan fingerprint density at radius 1 is 0.947 bits per heavy atom. The minimum atomic E-state index is -4.81. The SMILES string of the molecule is CN(Cc1ccc(-c2ccccc2S(N)(=O)=O)cc1)C(=O)CCC(=O)NCc1cccc(OC(F)(F)F)c1. The Morgan fingerprint density at radius 2 is 1.63 bits per heavy atom. The zero-order chi connectivity index (χ0) is 27.9. The largest absolute Gasteiger partial charge is 0.573 e.